The highest BCUT2D eigenvalue weighted by Crippen LogP contribution is 2.31. The number of likely N-dealkylation sites (N-methyl/N-ethyl adjacent to an activating group) is 1. The zero-order chi connectivity index (χ0) is 15.2. The summed E-state index contributed by atoms with van der Waals surface area (Å²) in [5, 5.41) is 16.5. The van der Waals surface area contributed by atoms with Crippen LogP contribution in [0.2, 0.25) is 0 Å². The minimum Gasteiger partial charge on any atom is -0.444 e. The van der Waals surface area contributed by atoms with E-state index >= 15 is 0 Å². The van der Waals surface area contributed by atoms with Crippen molar-refractivity contribution in [2.75, 3.05) is 13.6 Å². The third-order valence-electron chi connectivity index (χ3n) is 3.71. The Balaban J connectivity index is 2.37. The van der Waals surface area contributed by atoms with Gasteiger partial charge in [-0.2, -0.15) is 0 Å². The van der Waals surface area contributed by atoms with Crippen molar-refractivity contribution in [3.8, 4) is 0 Å². The molecule has 0 saturated heterocycles. The van der Waals surface area contributed by atoms with Crippen LogP contribution >= 0.6 is 0 Å². The molecule has 0 radical (unpaired) electrons. The van der Waals surface area contributed by atoms with Crippen LogP contribution in [0.5, 0.6) is 0 Å². The highest BCUT2D eigenvalue weighted by molar-refractivity contribution is 5.67. The molecule has 5 heteroatoms. The van der Waals surface area contributed by atoms with Gasteiger partial charge >= 0.3 is 6.09 Å². The maximum absolute atomic E-state index is 11.6. The molecule has 0 spiro atoms. The van der Waals surface area contributed by atoms with Crippen LogP contribution in [-0.2, 0) is 4.74 Å². The second kappa shape index (κ2) is 7.27. The first-order chi connectivity index (χ1) is 9.24. The first-order valence-corrected chi connectivity index (χ1v) is 7.61. The minimum atomic E-state index is -0.582. The van der Waals surface area contributed by atoms with Crippen molar-refractivity contribution in [2.45, 2.75) is 76.5 Å². The van der Waals surface area contributed by atoms with Gasteiger partial charge in [0.2, 0.25) is 0 Å². The Labute approximate surface area is 122 Å². The van der Waals surface area contributed by atoms with Gasteiger partial charge in [-0.25, -0.2) is 4.79 Å². The molecule has 0 aromatic heterocycles. The molecule has 1 aliphatic rings. The van der Waals surface area contributed by atoms with E-state index in [-0.39, 0.29) is 6.04 Å². The number of amides is 1. The van der Waals surface area contributed by atoms with Crippen LogP contribution in [0.25, 0.3) is 0 Å². The predicted octanol–water partition coefficient (Wildman–Crippen LogP) is 2.18. The average Bonchev–Trinajstić information content (AvgIpc) is 2.33. The summed E-state index contributed by atoms with van der Waals surface area (Å²) in [7, 11) is 1.85. The summed E-state index contributed by atoms with van der Waals surface area (Å²) in [6.45, 7) is 5.99. The van der Waals surface area contributed by atoms with Gasteiger partial charge < -0.3 is 20.5 Å². The fourth-order valence-corrected chi connectivity index (χ4v) is 2.67. The lowest BCUT2D eigenvalue weighted by Crippen LogP contribution is -2.46. The molecule has 1 atom stereocenters. The fourth-order valence-electron chi connectivity index (χ4n) is 2.67. The average molecular weight is 286 g/mol. The van der Waals surface area contributed by atoms with E-state index in [1.165, 1.54) is 6.42 Å². The second-order valence-electron chi connectivity index (χ2n) is 6.86. The van der Waals surface area contributed by atoms with Crippen molar-refractivity contribution in [3.63, 3.8) is 0 Å². The van der Waals surface area contributed by atoms with Crippen molar-refractivity contribution in [3.05, 3.63) is 0 Å². The molecule has 20 heavy (non-hydrogen) atoms. The Morgan fingerprint density at radius 3 is 2.40 bits per heavy atom. The van der Waals surface area contributed by atoms with Gasteiger partial charge in [-0.15, -0.1) is 0 Å². The summed E-state index contributed by atoms with van der Waals surface area (Å²) in [6.07, 6.45) is 5.36. The number of carbonyl (C=O) groups is 1. The van der Waals surface area contributed by atoms with Crippen molar-refractivity contribution in [2.24, 2.45) is 0 Å². The van der Waals surface area contributed by atoms with Gasteiger partial charge in [0, 0.05) is 12.6 Å². The van der Waals surface area contributed by atoms with E-state index in [4.69, 9.17) is 4.74 Å². The van der Waals surface area contributed by atoms with Crippen LogP contribution in [0, 0.1) is 0 Å². The van der Waals surface area contributed by atoms with E-state index in [1.807, 2.05) is 27.8 Å². The van der Waals surface area contributed by atoms with E-state index in [1.54, 1.807) is 0 Å². The molecule has 1 rings (SSSR count). The summed E-state index contributed by atoms with van der Waals surface area (Å²) >= 11 is 0. The lowest BCUT2D eigenvalue weighted by atomic mass is 9.80. The van der Waals surface area contributed by atoms with Crippen LogP contribution in [0.4, 0.5) is 4.79 Å². The molecule has 5 nitrogen and oxygen atoms in total. The van der Waals surface area contributed by atoms with Crippen molar-refractivity contribution < 1.29 is 14.6 Å². The number of aliphatic hydroxyl groups is 1. The maximum Gasteiger partial charge on any atom is 0.407 e. The van der Waals surface area contributed by atoms with Crippen LogP contribution in [0.1, 0.15) is 59.3 Å². The van der Waals surface area contributed by atoms with Crippen LogP contribution in [-0.4, -0.2) is 42.0 Å². The maximum atomic E-state index is 11.6. The summed E-state index contributed by atoms with van der Waals surface area (Å²) in [6, 6.07) is 0.0608. The van der Waals surface area contributed by atoms with E-state index in [2.05, 4.69) is 10.6 Å². The molecule has 118 valence electrons. The molecule has 0 bridgehead atoms. The fraction of sp³-hybridized carbons (Fsp3) is 0.933. The Bertz CT molecular complexity index is 307. The molecule has 1 fully saturated rings. The van der Waals surface area contributed by atoms with Crippen molar-refractivity contribution in [1.82, 2.24) is 10.6 Å². The highest BCUT2D eigenvalue weighted by atomic mass is 16.6. The normalized spacial score (nSPS) is 20.2. The number of nitrogens with one attached hydrogen (secondary N) is 2. The molecular weight excluding hydrogens is 256 g/mol. The van der Waals surface area contributed by atoms with Crippen LogP contribution in [0.3, 0.4) is 0 Å². The topological polar surface area (TPSA) is 70.6 Å². The summed E-state index contributed by atoms with van der Waals surface area (Å²) in [5.74, 6) is 0. The van der Waals surface area contributed by atoms with Crippen molar-refractivity contribution in [1.29, 1.82) is 0 Å². The lowest BCUT2D eigenvalue weighted by Gasteiger charge is -2.35. The van der Waals surface area contributed by atoms with Gasteiger partial charge in [-0.05, 0) is 47.1 Å². The third kappa shape index (κ3) is 6.57. The molecule has 1 aliphatic carbocycles. The zero-order valence-corrected chi connectivity index (χ0v) is 13.3. The molecule has 3 N–H and O–H groups in total. The van der Waals surface area contributed by atoms with Gasteiger partial charge in [0.1, 0.15) is 5.60 Å². The summed E-state index contributed by atoms with van der Waals surface area (Å²) in [4.78, 5) is 11.6. The quantitative estimate of drug-likeness (QED) is 0.724. The van der Waals surface area contributed by atoms with E-state index in [9.17, 15) is 9.90 Å². The molecule has 1 saturated carbocycles. The SMILES string of the molecule is CNC(CNC(=O)OC(C)(C)C)CC1(O)CCCCC1. The summed E-state index contributed by atoms with van der Waals surface area (Å²) < 4.78 is 5.21. The number of alkyl carbamates (subject to hydrolysis) is 1. The number of carbonyl (C=O) groups excluding carboxylic acids is 1. The number of rotatable bonds is 5. The Morgan fingerprint density at radius 2 is 1.90 bits per heavy atom. The first-order valence-electron chi connectivity index (χ1n) is 7.61. The molecular formula is C15H30N2O3. The molecule has 1 unspecified atom stereocenters. The number of hydrogen-bond acceptors (Lipinski definition) is 4. The molecule has 0 aliphatic heterocycles. The Kier molecular flexibility index (Phi) is 6.27. The van der Waals surface area contributed by atoms with E-state index in [0.717, 1.165) is 25.7 Å². The highest BCUT2D eigenvalue weighted by Gasteiger charge is 2.31. The standard InChI is InChI=1S/C15H30N2O3/c1-14(2,3)20-13(18)17-11-12(16-4)10-15(19)8-6-5-7-9-15/h12,16,19H,5-11H2,1-4H3,(H,17,18). The third-order valence-corrected chi connectivity index (χ3v) is 3.71. The van der Waals surface area contributed by atoms with Gasteiger partial charge in [-0.3, -0.25) is 0 Å². The van der Waals surface area contributed by atoms with Gasteiger partial charge in [0.15, 0.2) is 0 Å². The number of ether oxygens (including phenoxy) is 1. The van der Waals surface area contributed by atoms with Gasteiger partial charge in [0.25, 0.3) is 0 Å². The van der Waals surface area contributed by atoms with Crippen molar-refractivity contribution >= 4 is 6.09 Å². The second-order valence-corrected chi connectivity index (χ2v) is 6.86. The molecule has 0 aromatic rings. The van der Waals surface area contributed by atoms with Crippen LogP contribution < -0.4 is 10.6 Å². The summed E-state index contributed by atoms with van der Waals surface area (Å²) in [5.41, 5.74) is -1.07. The predicted molar refractivity (Wildman–Crippen MR) is 79.7 cm³/mol. The van der Waals surface area contributed by atoms with Gasteiger partial charge in [0.05, 0.1) is 5.60 Å². The van der Waals surface area contributed by atoms with E-state index in [0.29, 0.717) is 13.0 Å². The minimum absolute atomic E-state index is 0.0608. The molecule has 0 aromatic carbocycles. The molecule has 0 heterocycles. The zero-order valence-electron chi connectivity index (χ0n) is 13.3. The van der Waals surface area contributed by atoms with Gasteiger partial charge in [-0.1, -0.05) is 19.3 Å². The smallest absolute Gasteiger partial charge is 0.407 e. The number of hydrogen-bond donors (Lipinski definition) is 3. The Morgan fingerprint density at radius 1 is 1.30 bits per heavy atom. The molecule has 1 amide bonds. The monoisotopic (exact) mass is 286 g/mol. The Hall–Kier alpha value is -0.810. The largest absolute Gasteiger partial charge is 0.444 e. The first kappa shape index (κ1) is 17.2. The van der Waals surface area contributed by atoms with E-state index < -0.39 is 17.3 Å². The van der Waals surface area contributed by atoms with Crippen LogP contribution in [0.15, 0.2) is 0 Å². The lowest BCUT2D eigenvalue weighted by molar-refractivity contribution is -0.0121.